The van der Waals surface area contributed by atoms with Crippen LogP contribution in [0.4, 0.5) is 0 Å². The van der Waals surface area contributed by atoms with Gasteiger partial charge < -0.3 is 10.4 Å². The van der Waals surface area contributed by atoms with E-state index < -0.39 is 0 Å². The molecule has 2 nitrogen and oxygen atoms in total. The molecule has 0 unspecified atom stereocenters. The zero-order chi connectivity index (χ0) is 8.55. The van der Waals surface area contributed by atoms with Crippen molar-refractivity contribution in [2.24, 2.45) is 0 Å². The molecule has 0 aliphatic carbocycles. The Kier molecular flexibility index (Phi) is 1.87. The number of nitrogens with one attached hydrogen (secondary N) is 1. The van der Waals surface area contributed by atoms with Crippen molar-refractivity contribution in [1.29, 1.82) is 0 Å². The molecule has 1 aromatic rings. The van der Waals surface area contributed by atoms with E-state index in [1.54, 1.807) is 0 Å². The van der Waals surface area contributed by atoms with E-state index in [4.69, 9.17) is 5.11 Å². The van der Waals surface area contributed by atoms with Crippen LogP contribution in [0.1, 0.15) is 29.7 Å². The number of rotatable bonds is 1. The summed E-state index contributed by atoms with van der Waals surface area (Å²) in [5.74, 6) is 0. The minimum Gasteiger partial charge on any atom is -0.392 e. The molecule has 0 saturated carbocycles. The second kappa shape index (κ2) is 2.88. The minimum atomic E-state index is 0.139. The predicted molar refractivity (Wildman–Crippen MR) is 47.6 cm³/mol. The average Bonchev–Trinajstić information content (AvgIpc) is 2.47. The van der Waals surface area contributed by atoms with Gasteiger partial charge in [0.1, 0.15) is 0 Å². The fraction of sp³-hybridized carbons (Fsp3) is 0.400. The second-order valence-electron chi connectivity index (χ2n) is 3.29. The molecule has 2 rings (SSSR count). The van der Waals surface area contributed by atoms with Gasteiger partial charge in [-0.25, -0.2) is 0 Å². The van der Waals surface area contributed by atoms with Crippen molar-refractivity contribution in [2.75, 3.05) is 0 Å². The molecule has 2 heteroatoms. The molecule has 0 fully saturated rings. The van der Waals surface area contributed by atoms with Crippen LogP contribution in [0.25, 0.3) is 0 Å². The number of fused-ring (bicyclic) bond motifs is 1. The largest absolute Gasteiger partial charge is 0.392 e. The molecule has 2 N–H and O–H groups in total. The van der Waals surface area contributed by atoms with E-state index in [1.165, 1.54) is 11.1 Å². The van der Waals surface area contributed by atoms with Crippen molar-refractivity contribution in [1.82, 2.24) is 5.32 Å². The van der Waals surface area contributed by atoms with Gasteiger partial charge >= 0.3 is 0 Å². The van der Waals surface area contributed by atoms with E-state index in [9.17, 15) is 0 Å². The summed E-state index contributed by atoms with van der Waals surface area (Å²) in [6, 6.07) is 6.60. The zero-order valence-corrected chi connectivity index (χ0v) is 7.17. The highest BCUT2D eigenvalue weighted by Gasteiger charge is 2.16. The molecule has 0 amide bonds. The van der Waals surface area contributed by atoms with Crippen molar-refractivity contribution in [3.8, 4) is 0 Å². The predicted octanol–water partition coefficient (Wildman–Crippen LogP) is 1.34. The minimum absolute atomic E-state index is 0.139. The first-order valence-corrected chi connectivity index (χ1v) is 4.27. The van der Waals surface area contributed by atoms with Gasteiger partial charge in [0, 0.05) is 12.6 Å². The van der Waals surface area contributed by atoms with Crippen LogP contribution in [-0.2, 0) is 13.2 Å². The molecule has 0 aromatic heterocycles. The lowest BCUT2D eigenvalue weighted by Gasteiger charge is -2.05. The average molecular weight is 163 g/mol. The van der Waals surface area contributed by atoms with Crippen LogP contribution in [0.2, 0.25) is 0 Å². The Hall–Kier alpha value is -0.860. The van der Waals surface area contributed by atoms with Gasteiger partial charge in [-0.3, -0.25) is 0 Å². The first kappa shape index (κ1) is 7.77. The third-order valence-corrected chi connectivity index (χ3v) is 2.46. The van der Waals surface area contributed by atoms with Gasteiger partial charge in [-0.1, -0.05) is 18.2 Å². The van der Waals surface area contributed by atoms with Crippen molar-refractivity contribution in [3.05, 3.63) is 34.9 Å². The van der Waals surface area contributed by atoms with Gasteiger partial charge in [-0.15, -0.1) is 0 Å². The Morgan fingerprint density at radius 1 is 1.58 bits per heavy atom. The van der Waals surface area contributed by atoms with Gasteiger partial charge in [0.15, 0.2) is 0 Å². The fourth-order valence-electron chi connectivity index (χ4n) is 1.68. The molecule has 1 aliphatic heterocycles. The normalized spacial score (nSPS) is 21.0. The van der Waals surface area contributed by atoms with Crippen molar-refractivity contribution < 1.29 is 5.11 Å². The summed E-state index contributed by atoms with van der Waals surface area (Å²) in [5.41, 5.74) is 3.70. The fourth-order valence-corrected chi connectivity index (χ4v) is 1.68. The summed E-state index contributed by atoms with van der Waals surface area (Å²) in [5, 5.41) is 12.3. The van der Waals surface area contributed by atoms with Gasteiger partial charge in [0.25, 0.3) is 0 Å². The van der Waals surface area contributed by atoms with Crippen molar-refractivity contribution in [3.63, 3.8) is 0 Å². The van der Waals surface area contributed by atoms with Crippen molar-refractivity contribution >= 4 is 0 Å². The first-order chi connectivity index (χ1) is 5.81. The van der Waals surface area contributed by atoms with Gasteiger partial charge in [-0.2, -0.15) is 0 Å². The molecule has 0 spiro atoms. The van der Waals surface area contributed by atoms with Crippen molar-refractivity contribution in [2.45, 2.75) is 26.1 Å². The maximum Gasteiger partial charge on any atom is 0.0681 e. The molecule has 1 heterocycles. The summed E-state index contributed by atoms with van der Waals surface area (Å²) >= 11 is 0. The smallest absolute Gasteiger partial charge is 0.0681 e. The first-order valence-electron chi connectivity index (χ1n) is 4.27. The highest BCUT2D eigenvalue weighted by Crippen LogP contribution is 2.25. The summed E-state index contributed by atoms with van der Waals surface area (Å²) < 4.78 is 0. The van der Waals surface area contributed by atoms with Gasteiger partial charge in [0.2, 0.25) is 0 Å². The quantitative estimate of drug-likeness (QED) is 0.655. The number of benzene rings is 1. The number of aliphatic hydroxyl groups excluding tert-OH is 1. The molecular formula is C10H13NO. The molecule has 0 saturated heterocycles. The monoisotopic (exact) mass is 163 g/mol. The molecule has 0 radical (unpaired) electrons. The van der Waals surface area contributed by atoms with E-state index in [1.807, 2.05) is 6.07 Å². The lowest BCUT2D eigenvalue weighted by Crippen LogP contribution is -2.07. The van der Waals surface area contributed by atoms with Crippen LogP contribution in [0, 0.1) is 0 Å². The summed E-state index contributed by atoms with van der Waals surface area (Å²) in [4.78, 5) is 0. The number of hydrogen-bond donors (Lipinski definition) is 2. The third kappa shape index (κ3) is 1.13. The summed E-state index contributed by atoms with van der Waals surface area (Å²) in [6.07, 6.45) is 0. The lowest BCUT2D eigenvalue weighted by molar-refractivity contribution is 0.281. The lowest BCUT2D eigenvalue weighted by atomic mass is 10.0. The molecule has 1 atom stereocenters. The Morgan fingerprint density at radius 3 is 3.17 bits per heavy atom. The van der Waals surface area contributed by atoms with E-state index >= 15 is 0 Å². The van der Waals surface area contributed by atoms with E-state index in [-0.39, 0.29) is 6.61 Å². The van der Waals surface area contributed by atoms with E-state index in [0.29, 0.717) is 6.04 Å². The van der Waals surface area contributed by atoms with Crippen LogP contribution < -0.4 is 5.32 Å². The van der Waals surface area contributed by atoms with Crippen LogP contribution >= 0.6 is 0 Å². The highest BCUT2D eigenvalue weighted by molar-refractivity contribution is 5.36. The molecule has 1 aromatic carbocycles. The Bertz CT molecular complexity index is 296. The Morgan fingerprint density at radius 2 is 2.42 bits per heavy atom. The Labute approximate surface area is 72.2 Å². The summed E-state index contributed by atoms with van der Waals surface area (Å²) in [6.45, 7) is 3.25. The Balaban J connectivity index is 2.43. The molecule has 0 bridgehead atoms. The molecule has 64 valence electrons. The van der Waals surface area contributed by atoms with Gasteiger partial charge in [-0.05, 0) is 23.6 Å². The maximum atomic E-state index is 8.93. The highest BCUT2D eigenvalue weighted by atomic mass is 16.3. The third-order valence-electron chi connectivity index (χ3n) is 2.46. The topological polar surface area (TPSA) is 32.3 Å². The van der Waals surface area contributed by atoms with E-state index in [0.717, 1.165) is 12.1 Å². The number of hydrogen-bond acceptors (Lipinski definition) is 2. The maximum absolute atomic E-state index is 8.93. The van der Waals surface area contributed by atoms with Crippen LogP contribution in [0.5, 0.6) is 0 Å². The molecular weight excluding hydrogens is 150 g/mol. The van der Waals surface area contributed by atoms with Crippen LogP contribution in [0.15, 0.2) is 18.2 Å². The van der Waals surface area contributed by atoms with Gasteiger partial charge in [0.05, 0.1) is 6.61 Å². The van der Waals surface area contributed by atoms with Crippen LogP contribution in [0.3, 0.4) is 0 Å². The zero-order valence-electron chi connectivity index (χ0n) is 7.17. The van der Waals surface area contributed by atoms with Crippen LogP contribution in [-0.4, -0.2) is 5.11 Å². The molecule has 12 heavy (non-hydrogen) atoms. The standard InChI is InChI=1S/C10H13NO/c1-7-10-4-8(6-12)2-3-9(10)5-11-7/h2-4,7,11-12H,5-6H2,1H3/t7-/m1/s1. The SMILES string of the molecule is C[C@H]1NCc2ccc(CO)cc21. The summed E-state index contributed by atoms with van der Waals surface area (Å²) in [7, 11) is 0. The molecule has 1 aliphatic rings. The second-order valence-corrected chi connectivity index (χ2v) is 3.29. The number of aliphatic hydroxyl groups is 1. The van der Waals surface area contributed by atoms with E-state index in [2.05, 4.69) is 24.4 Å².